The Balaban J connectivity index is 1.41. The van der Waals surface area contributed by atoms with Crippen LogP contribution in [-0.4, -0.2) is 64.6 Å². The maximum absolute atomic E-state index is 13.1. The van der Waals surface area contributed by atoms with Crippen molar-refractivity contribution in [3.05, 3.63) is 48.0 Å². The van der Waals surface area contributed by atoms with Crippen LogP contribution < -0.4 is 5.32 Å². The van der Waals surface area contributed by atoms with Crippen LogP contribution in [0.1, 0.15) is 16.8 Å². The lowest BCUT2D eigenvalue weighted by atomic mass is 9.99. The Kier molecular flexibility index (Phi) is 3.91. The zero-order valence-electron chi connectivity index (χ0n) is 14.9. The molecule has 2 aliphatic heterocycles. The molecular weight excluding hydrogens is 342 g/mol. The number of aromatic nitrogens is 3. The third-order valence-corrected chi connectivity index (χ3v) is 5.50. The van der Waals surface area contributed by atoms with Gasteiger partial charge < -0.3 is 15.0 Å². The highest BCUT2D eigenvalue weighted by molar-refractivity contribution is 5.96. The number of carbonyl (C=O) groups excluding carboxylic acids is 1. The van der Waals surface area contributed by atoms with Crippen molar-refractivity contribution in [1.29, 1.82) is 0 Å². The van der Waals surface area contributed by atoms with Gasteiger partial charge in [-0.1, -0.05) is 18.2 Å². The Labute approximate surface area is 156 Å². The Morgan fingerprint density at radius 1 is 1.11 bits per heavy atom. The van der Waals surface area contributed by atoms with Crippen LogP contribution in [-0.2, 0) is 4.74 Å². The van der Waals surface area contributed by atoms with Crippen LogP contribution in [0.25, 0.3) is 22.2 Å². The number of nitrogens with one attached hydrogen (secondary N) is 2. The van der Waals surface area contributed by atoms with Crippen molar-refractivity contribution in [3.8, 4) is 11.1 Å². The number of carbonyl (C=O) groups is 1. The molecule has 7 heteroatoms. The summed E-state index contributed by atoms with van der Waals surface area (Å²) in [5.41, 5.74) is 4.14. The van der Waals surface area contributed by atoms with E-state index in [2.05, 4.69) is 20.7 Å². The van der Waals surface area contributed by atoms with Gasteiger partial charge in [-0.3, -0.25) is 4.79 Å². The molecule has 2 aliphatic rings. The zero-order valence-corrected chi connectivity index (χ0v) is 14.9. The molecule has 0 bridgehead atoms. The first-order valence-electron chi connectivity index (χ1n) is 9.27. The largest absolute Gasteiger partial charge is 0.370 e. The number of amides is 1. The van der Waals surface area contributed by atoms with E-state index in [1.807, 2.05) is 47.4 Å². The van der Waals surface area contributed by atoms with Gasteiger partial charge in [0, 0.05) is 18.7 Å². The molecule has 3 heterocycles. The van der Waals surface area contributed by atoms with Gasteiger partial charge in [-0.25, -0.2) is 0 Å². The van der Waals surface area contributed by atoms with Gasteiger partial charge in [0.2, 0.25) is 0 Å². The standard InChI is InChI=1S/C20H21N5O2/c26-19(25-8-9-27-20(13-25)6-7-21-12-20)16-3-1-2-14(10-16)15-4-5-17-18(11-15)23-24-22-17/h1-5,10-11,21H,6-9,12-13H2,(H,22,23,24). The number of aromatic amines is 1. The molecule has 5 rings (SSSR count). The number of hydrogen-bond donors (Lipinski definition) is 2. The number of rotatable bonds is 2. The average Bonchev–Trinajstić information content (AvgIpc) is 3.36. The molecule has 2 fully saturated rings. The van der Waals surface area contributed by atoms with Crippen LogP contribution in [0.2, 0.25) is 0 Å². The molecule has 1 atom stereocenters. The van der Waals surface area contributed by atoms with Crippen molar-refractivity contribution in [2.75, 3.05) is 32.8 Å². The van der Waals surface area contributed by atoms with E-state index < -0.39 is 0 Å². The molecule has 3 aromatic rings. The molecule has 1 aromatic heterocycles. The first-order valence-corrected chi connectivity index (χ1v) is 9.27. The minimum atomic E-state index is -0.219. The maximum atomic E-state index is 13.1. The van der Waals surface area contributed by atoms with Crippen LogP contribution in [0, 0.1) is 0 Å². The van der Waals surface area contributed by atoms with Crippen molar-refractivity contribution in [1.82, 2.24) is 25.6 Å². The molecule has 1 unspecified atom stereocenters. The molecule has 1 spiro atoms. The zero-order chi connectivity index (χ0) is 18.3. The number of H-pyrrole nitrogens is 1. The van der Waals surface area contributed by atoms with E-state index in [9.17, 15) is 4.79 Å². The van der Waals surface area contributed by atoms with Crippen molar-refractivity contribution in [3.63, 3.8) is 0 Å². The van der Waals surface area contributed by atoms with E-state index in [0.717, 1.165) is 41.7 Å². The molecule has 0 saturated carbocycles. The third-order valence-electron chi connectivity index (χ3n) is 5.50. The van der Waals surface area contributed by atoms with Gasteiger partial charge in [0.15, 0.2) is 0 Å². The van der Waals surface area contributed by atoms with Gasteiger partial charge in [-0.2, -0.15) is 15.4 Å². The van der Waals surface area contributed by atoms with Crippen LogP contribution in [0.5, 0.6) is 0 Å². The Morgan fingerprint density at radius 2 is 2.00 bits per heavy atom. The second kappa shape index (κ2) is 6.44. The molecule has 1 amide bonds. The van der Waals surface area contributed by atoms with E-state index in [1.165, 1.54) is 0 Å². The molecule has 138 valence electrons. The summed E-state index contributed by atoms with van der Waals surface area (Å²) in [4.78, 5) is 15.0. The van der Waals surface area contributed by atoms with E-state index in [-0.39, 0.29) is 11.5 Å². The van der Waals surface area contributed by atoms with Gasteiger partial charge in [0.05, 0.1) is 18.8 Å². The molecule has 2 saturated heterocycles. The molecule has 27 heavy (non-hydrogen) atoms. The highest BCUT2D eigenvalue weighted by atomic mass is 16.5. The Hall–Kier alpha value is -2.77. The quantitative estimate of drug-likeness (QED) is 0.726. The fourth-order valence-electron chi connectivity index (χ4n) is 4.03. The predicted octanol–water partition coefficient (Wildman–Crippen LogP) is 1.83. The van der Waals surface area contributed by atoms with E-state index in [4.69, 9.17) is 4.74 Å². The van der Waals surface area contributed by atoms with E-state index in [0.29, 0.717) is 25.3 Å². The van der Waals surface area contributed by atoms with Gasteiger partial charge in [-0.15, -0.1) is 0 Å². The molecule has 2 N–H and O–H groups in total. The van der Waals surface area contributed by atoms with E-state index >= 15 is 0 Å². The van der Waals surface area contributed by atoms with Gasteiger partial charge in [-0.05, 0) is 48.4 Å². The van der Waals surface area contributed by atoms with Crippen molar-refractivity contribution < 1.29 is 9.53 Å². The molecule has 7 nitrogen and oxygen atoms in total. The summed E-state index contributed by atoms with van der Waals surface area (Å²) in [6.45, 7) is 3.64. The second-order valence-electron chi connectivity index (χ2n) is 7.29. The van der Waals surface area contributed by atoms with Crippen LogP contribution in [0.3, 0.4) is 0 Å². The summed E-state index contributed by atoms with van der Waals surface area (Å²) in [7, 11) is 0. The number of nitrogens with zero attached hydrogens (tertiary/aromatic N) is 3. The topological polar surface area (TPSA) is 83.1 Å². The summed E-state index contributed by atoms with van der Waals surface area (Å²) in [5.74, 6) is 0.0638. The van der Waals surface area contributed by atoms with Gasteiger partial charge in [0.1, 0.15) is 11.0 Å². The average molecular weight is 363 g/mol. The summed E-state index contributed by atoms with van der Waals surface area (Å²) < 4.78 is 6.00. The molecule has 0 radical (unpaired) electrons. The van der Waals surface area contributed by atoms with Crippen molar-refractivity contribution in [2.24, 2.45) is 0 Å². The minimum Gasteiger partial charge on any atom is -0.370 e. The first kappa shape index (κ1) is 16.4. The van der Waals surface area contributed by atoms with Crippen molar-refractivity contribution >= 4 is 16.9 Å². The van der Waals surface area contributed by atoms with E-state index in [1.54, 1.807) is 0 Å². The lowest BCUT2D eigenvalue weighted by molar-refractivity contribution is -0.0866. The molecular formula is C20H21N5O2. The summed E-state index contributed by atoms with van der Waals surface area (Å²) >= 11 is 0. The summed E-state index contributed by atoms with van der Waals surface area (Å²) in [6, 6.07) is 13.7. The molecule has 0 aliphatic carbocycles. The number of morpholine rings is 1. The smallest absolute Gasteiger partial charge is 0.254 e. The summed E-state index contributed by atoms with van der Waals surface area (Å²) in [5, 5.41) is 14.2. The van der Waals surface area contributed by atoms with Crippen LogP contribution in [0.15, 0.2) is 42.5 Å². The van der Waals surface area contributed by atoms with Crippen LogP contribution in [0.4, 0.5) is 0 Å². The fourth-order valence-corrected chi connectivity index (χ4v) is 4.03. The molecule has 2 aromatic carbocycles. The maximum Gasteiger partial charge on any atom is 0.254 e. The van der Waals surface area contributed by atoms with Crippen molar-refractivity contribution in [2.45, 2.75) is 12.0 Å². The van der Waals surface area contributed by atoms with Gasteiger partial charge >= 0.3 is 0 Å². The SMILES string of the molecule is O=C(c1cccc(-c2ccc3n[nH]nc3c2)c1)N1CCOC2(CCNC2)C1. The number of fused-ring (bicyclic) bond motifs is 1. The highest BCUT2D eigenvalue weighted by Crippen LogP contribution is 2.27. The summed E-state index contributed by atoms with van der Waals surface area (Å²) in [6.07, 6.45) is 0.953. The highest BCUT2D eigenvalue weighted by Gasteiger charge is 2.40. The lowest BCUT2D eigenvalue weighted by Crippen LogP contribution is -2.54. The number of hydrogen-bond acceptors (Lipinski definition) is 5. The Bertz CT molecular complexity index is 993. The fraction of sp³-hybridized carbons (Fsp3) is 0.350. The predicted molar refractivity (Wildman–Crippen MR) is 101 cm³/mol. The number of ether oxygens (including phenoxy) is 1. The monoisotopic (exact) mass is 363 g/mol. The second-order valence-corrected chi connectivity index (χ2v) is 7.29. The minimum absolute atomic E-state index is 0.0638. The third kappa shape index (κ3) is 2.98. The van der Waals surface area contributed by atoms with Crippen LogP contribution >= 0.6 is 0 Å². The van der Waals surface area contributed by atoms with Gasteiger partial charge in [0.25, 0.3) is 5.91 Å². The lowest BCUT2D eigenvalue weighted by Gasteiger charge is -2.40. The number of benzene rings is 2. The Morgan fingerprint density at radius 3 is 2.89 bits per heavy atom. The normalized spacial score (nSPS) is 22.6. The first-order chi connectivity index (χ1) is 13.2.